The van der Waals surface area contributed by atoms with Gasteiger partial charge in [-0.25, -0.2) is 4.79 Å². The third-order valence-electron chi connectivity index (χ3n) is 5.10. The van der Waals surface area contributed by atoms with E-state index in [9.17, 15) is 19.5 Å². The minimum atomic E-state index is -1.08. The van der Waals surface area contributed by atoms with Gasteiger partial charge in [0, 0.05) is 30.8 Å². The first-order chi connectivity index (χ1) is 13.5. The highest BCUT2D eigenvalue weighted by atomic mass is 16.4. The van der Waals surface area contributed by atoms with E-state index in [-0.39, 0.29) is 25.0 Å². The summed E-state index contributed by atoms with van der Waals surface area (Å²) in [4.78, 5) is 39.9. The van der Waals surface area contributed by atoms with E-state index in [2.05, 4.69) is 10.3 Å². The first kappa shape index (κ1) is 19.7. The fraction of sp³-hybridized carbons (Fsp3) is 0.364. The number of carbonyl (C=O) groups excluding carboxylic acids is 2. The summed E-state index contributed by atoms with van der Waals surface area (Å²) in [6.07, 6.45) is 7.32. The van der Waals surface area contributed by atoms with Crippen LogP contribution in [-0.2, 0) is 28.9 Å². The van der Waals surface area contributed by atoms with Crippen molar-refractivity contribution in [3.63, 3.8) is 0 Å². The molecular formula is C22H24N2O4. The van der Waals surface area contributed by atoms with Gasteiger partial charge in [-0.05, 0) is 67.0 Å². The third-order valence-corrected chi connectivity index (χ3v) is 5.10. The molecule has 0 spiro atoms. The number of carbonyl (C=O) groups is 3. The number of aliphatic carboxylic acids is 1. The van der Waals surface area contributed by atoms with Crippen molar-refractivity contribution in [2.24, 2.45) is 0 Å². The molecule has 1 amide bonds. The van der Waals surface area contributed by atoms with Gasteiger partial charge in [-0.15, -0.1) is 0 Å². The molecule has 1 aromatic heterocycles. The van der Waals surface area contributed by atoms with Crippen LogP contribution >= 0.6 is 0 Å². The Labute approximate surface area is 164 Å². The summed E-state index contributed by atoms with van der Waals surface area (Å²) in [6.45, 7) is 0. The molecular weight excluding hydrogens is 356 g/mol. The number of hydrogen-bond acceptors (Lipinski definition) is 4. The normalized spacial score (nSPS) is 13.6. The summed E-state index contributed by atoms with van der Waals surface area (Å²) in [7, 11) is 0. The molecule has 6 heteroatoms. The number of benzene rings is 1. The highest BCUT2D eigenvalue weighted by Crippen LogP contribution is 2.23. The number of nitrogens with one attached hydrogen (secondary N) is 1. The van der Waals surface area contributed by atoms with Crippen molar-refractivity contribution in [2.75, 3.05) is 0 Å². The quantitative estimate of drug-likeness (QED) is 0.652. The van der Waals surface area contributed by atoms with E-state index < -0.39 is 17.9 Å². The SMILES string of the molecule is O=C(CCC(=O)c1ccc2c(c1)CCC2)NC(CCc1ccncc1)C(=O)O. The van der Waals surface area contributed by atoms with Gasteiger partial charge in [0.1, 0.15) is 6.04 Å². The van der Waals surface area contributed by atoms with E-state index in [0.717, 1.165) is 24.8 Å². The van der Waals surface area contributed by atoms with Crippen LogP contribution < -0.4 is 5.32 Å². The van der Waals surface area contributed by atoms with Crippen LogP contribution in [0.15, 0.2) is 42.7 Å². The number of carboxylic acid groups (broad SMARTS) is 1. The predicted molar refractivity (Wildman–Crippen MR) is 104 cm³/mol. The Morgan fingerprint density at radius 1 is 1.04 bits per heavy atom. The van der Waals surface area contributed by atoms with Crippen molar-refractivity contribution in [3.05, 3.63) is 65.0 Å². The number of aryl methyl sites for hydroxylation is 3. The lowest BCUT2D eigenvalue weighted by Gasteiger charge is -2.14. The molecule has 3 rings (SSSR count). The van der Waals surface area contributed by atoms with Crippen LogP contribution in [0.25, 0.3) is 0 Å². The molecule has 1 aliphatic carbocycles. The summed E-state index contributed by atoms with van der Waals surface area (Å²) in [5.74, 6) is -1.59. The Morgan fingerprint density at radius 3 is 2.54 bits per heavy atom. The van der Waals surface area contributed by atoms with Gasteiger partial charge in [0.2, 0.25) is 5.91 Å². The number of pyridine rings is 1. The lowest BCUT2D eigenvalue weighted by Crippen LogP contribution is -2.41. The van der Waals surface area contributed by atoms with Gasteiger partial charge in [-0.2, -0.15) is 0 Å². The van der Waals surface area contributed by atoms with Gasteiger partial charge in [-0.1, -0.05) is 12.1 Å². The van der Waals surface area contributed by atoms with Gasteiger partial charge >= 0.3 is 5.97 Å². The Kier molecular flexibility index (Phi) is 6.53. The minimum Gasteiger partial charge on any atom is -0.480 e. The van der Waals surface area contributed by atoms with Crippen LogP contribution in [0.4, 0.5) is 0 Å². The summed E-state index contributed by atoms with van der Waals surface area (Å²) in [5, 5.41) is 11.9. The molecule has 1 heterocycles. The largest absolute Gasteiger partial charge is 0.480 e. The van der Waals surface area contributed by atoms with Gasteiger partial charge < -0.3 is 10.4 Å². The summed E-state index contributed by atoms with van der Waals surface area (Å²) in [6, 6.07) is 8.40. The lowest BCUT2D eigenvalue weighted by molar-refractivity contribution is -0.142. The smallest absolute Gasteiger partial charge is 0.326 e. The van der Waals surface area contributed by atoms with Gasteiger partial charge in [0.05, 0.1) is 0 Å². The number of nitrogens with zero attached hydrogens (tertiary/aromatic N) is 1. The highest BCUT2D eigenvalue weighted by molar-refractivity contribution is 5.98. The molecule has 1 aliphatic rings. The Morgan fingerprint density at radius 2 is 1.79 bits per heavy atom. The molecule has 146 valence electrons. The number of amides is 1. The average molecular weight is 380 g/mol. The second kappa shape index (κ2) is 9.26. The molecule has 6 nitrogen and oxygen atoms in total. The number of Topliss-reactive ketones (excluding diaryl/α,β-unsaturated/α-hetero) is 1. The molecule has 1 aromatic carbocycles. The maximum atomic E-state index is 12.4. The van der Waals surface area contributed by atoms with Crippen molar-refractivity contribution in [1.29, 1.82) is 0 Å². The summed E-state index contributed by atoms with van der Waals surface area (Å²) in [5.41, 5.74) is 4.10. The predicted octanol–water partition coefficient (Wildman–Crippen LogP) is 2.74. The van der Waals surface area contributed by atoms with Crippen LogP contribution in [-0.4, -0.2) is 33.8 Å². The van der Waals surface area contributed by atoms with Crippen LogP contribution in [0.3, 0.4) is 0 Å². The molecule has 0 saturated carbocycles. The zero-order valence-corrected chi connectivity index (χ0v) is 15.7. The Balaban J connectivity index is 1.49. The van der Waals surface area contributed by atoms with Crippen molar-refractivity contribution in [3.8, 4) is 0 Å². The first-order valence-electron chi connectivity index (χ1n) is 9.59. The van der Waals surface area contributed by atoms with Crippen molar-refractivity contribution in [2.45, 2.75) is 51.0 Å². The van der Waals surface area contributed by atoms with Crippen LogP contribution in [0.5, 0.6) is 0 Å². The maximum absolute atomic E-state index is 12.4. The second-order valence-corrected chi connectivity index (χ2v) is 7.11. The van der Waals surface area contributed by atoms with Gasteiger partial charge in [0.25, 0.3) is 0 Å². The molecule has 2 N–H and O–H groups in total. The molecule has 1 unspecified atom stereocenters. The maximum Gasteiger partial charge on any atom is 0.326 e. The molecule has 28 heavy (non-hydrogen) atoms. The van der Waals surface area contributed by atoms with E-state index in [1.165, 1.54) is 11.1 Å². The average Bonchev–Trinajstić information content (AvgIpc) is 3.17. The molecule has 0 radical (unpaired) electrons. The zero-order valence-electron chi connectivity index (χ0n) is 15.7. The van der Waals surface area contributed by atoms with Crippen molar-refractivity contribution in [1.82, 2.24) is 10.3 Å². The fourth-order valence-electron chi connectivity index (χ4n) is 3.50. The van der Waals surface area contributed by atoms with Crippen LogP contribution in [0.2, 0.25) is 0 Å². The molecule has 0 fully saturated rings. The molecule has 0 saturated heterocycles. The Hall–Kier alpha value is -3.02. The van der Waals surface area contributed by atoms with Gasteiger partial charge in [-0.3, -0.25) is 14.6 Å². The van der Waals surface area contributed by atoms with Crippen molar-refractivity contribution < 1.29 is 19.5 Å². The third kappa shape index (κ3) is 5.25. The monoisotopic (exact) mass is 380 g/mol. The Bertz CT molecular complexity index is 864. The van der Waals surface area contributed by atoms with E-state index in [4.69, 9.17) is 0 Å². The molecule has 0 bridgehead atoms. The van der Waals surface area contributed by atoms with Crippen LogP contribution in [0.1, 0.15) is 52.7 Å². The van der Waals surface area contributed by atoms with E-state index in [1.807, 2.05) is 30.3 Å². The minimum absolute atomic E-state index is 0.0189. The first-order valence-corrected chi connectivity index (χ1v) is 9.59. The summed E-state index contributed by atoms with van der Waals surface area (Å²) >= 11 is 0. The fourth-order valence-corrected chi connectivity index (χ4v) is 3.50. The van der Waals surface area contributed by atoms with Crippen molar-refractivity contribution >= 4 is 17.7 Å². The van der Waals surface area contributed by atoms with Crippen LogP contribution in [0, 0.1) is 0 Å². The lowest BCUT2D eigenvalue weighted by atomic mass is 10.0. The number of rotatable bonds is 9. The second-order valence-electron chi connectivity index (χ2n) is 7.11. The molecule has 1 atom stereocenters. The number of carboxylic acids is 1. The van der Waals surface area contributed by atoms with E-state index in [1.54, 1.807) is 12.4 Å². The van der Waals surface area contributed by atoms with E-state index >= 15 is 0 Å². The van der Waals surface area contributed by atoms with E-state index in [0.29, 0.717) is 12.0 Å². The standard InChI is InChI=1S/C22H24N2O4/c25-20(18-6-5-16-2-1-3-17(16)14-18)8-9-21(26)24-19(22(27)28)7-4-15-10-12-23-13-11-15/h5-6,10-14,19H,1-4,7-9H2,(H,24,26)(H,27,28). The van der Waals surface area contributed by atoms with Gasteiger partial charge in [0.15, 0.2) is 5.78 Å². The number of ketones is 1. The highest BCUT2D eigenvalue weighted by Gasteiger charge is 2.21. The zero-order chi connectivity index (χ0) is 19.9. The number of aromatic nitrogens is 1. The topological polar surface area (TPSA) is 96.4 Å². The number of fused-ring (bicyclic) bond motifs is 1. The number of hydrogen-bond donors (Lipinski definition) is 2. The molecule has 2 aromatic rings. The molecule has 0 aliphatic heterocycles. The summed E-state index contributed by atoms with van der Waals surface area (Å²) < 4.78 is 0.